The summed E-state index contributed by atoms with van der Waals surface area (Å²) in [4.78, 5) is 12.1. The largest absolute Gasteiger partial charge is 0.416 e. The minimum Gasteiger partial charge on any atom is -0.364 e. The molecule has 1 amide bonds. The van der Waals surface area contributed by atoms with Gasteiger partial charge in [-0.25, -0.2) is 0 Å². The summed E-state index contributed by atoms with van der Waals surface area (Å²) in [6.45, 7) is 2.00. The van der Waals surface area contributed by atoms with E-state index < -0.39 is 23.9 Å². The van der Waals surface area contributed by atoms with Crippen molar-refractivity contribution >= 4 is 5.91 Å². The molecule has 1 unspecified atom stereocenters. The van der Waals surface area contributed by atoms with Gasteiger partial charge in [0, 0.05) is 6.54 Å². The fraction of sp³-hybridized carbons (Fsp3) is 0.533. The topological polar surface area (TPSA) is 64.4 Å². The molecule has 22 heavy (non-hydrogen) atoms. The number of alkyl halides is 3. The Hall–Kier alpha value is -1.60. The summed E-state index contributed by atoms with van der Waals surface area (Å²) in [6.07, 6.45) is -3.82. The van der Waals surface area contributed by atoms with E-state index in [-0.39, 0.29) is 12.0 Å². The highest BCUT2D eigenvalue weighted by atomic mass is 19.4. The van der Waals surface area contributed by atoms with Crippen molar-refractivity contribution in [2.75, 3.05) is 6.54 Å². The highest BCUT2D eigenvalue weighted by molar-refractivity contribution is 5.81. The molecule has 0 bridgehead atoms. The van der Waals surface area contributed by atoms with Crippen molar-refractivity contribution in [1.29, 1.82) is 0 Å². The second kappa shape index (κ2) is 6.66. The first-order valence-electron chi connectivity index (χ1n) is 7.14. The molecule has 3 N–H and O–H groups in total. The lowest BCUT2D eigenvalue weighted by atomic mass is 10.0. The molecule has 7 heteroatoms. The number of ether oxygens (including phenoxy) is 1. The van der Waals surface area contributed by atoms with Crippen LogP contribution in [-0.4, -0.2) is 24.7 Å². The molecule has 4 nitrogen and oxygen atoms in total. The molecule has 0 aromatic heterocycles. The Balaban J connectivity index is 2.00. The molecule has 1 aliphatic rings. The molecule has 0 saturated carbocycles. The van der Waals surface area contributed by atoms with Gasteiger partial charge < -0.3 is 15.8 Å². The Morgan fingerprint density at radius 1 is 1.45 bits per heavy atom. The number of hydrogen-bond acceptors (Lipinski definition) is 3. The third-order valence-corrected chi connectivity index (χ3v) is 3.74. The normalized spacial score (nSPS) is 23.3. The van der Waals surface area contributed by atoms with E-state index in [0.29, 0.717) is 24.9 Å². The number of nitrogens with one attached hydrogen (secondary N) is 1. The maximum absolute atomic E-state index is 12.7. The summed E-state index contributed by atoms with van der Waals surface area (Å²) < 4.78 is 43.6. The molecular weight excluding hydrogens is 297 g/mol. The number of carbonyl (C=O) groups excluding carboxylic acids is 1. The van der Waals surface area contributed by atoms with Gasteiger partial charge in [0.25, 0.3) is 0 Å². The molecule has 2 rings (SSSR count). The van der Waals surface area contributed by atoms with E-state index in [0.717, 1.165) is 12.1 Å². The SMILES string of the molecule is CC(NC(=O)[C@@H]1CC[C@H](CN)O1)c1cccc(C(F)(F)F)c1. The Morgan fingerprint density at radius 3 is 2.77 bits per heavy atom. The van der Waals surface area contributed by atoms with Gasteiger partial charge in [-0.15, -0.1) is 0 Å². The first-order valence-corrected chi connectivity index (χ1v) is 7.14. The first-order chi connectivity index (χ1) is 10.3. The summed E-state index contributed by atoms with van der Waals surface area (Å²) in [5.74, 6) is -0.319. The third-order valence-electron chi connectivity index (χ3n) is 3.74. The second-order valence-corrected chi connectivity index (χ2v) is 5.41. The average molecular weight is 316 g/mol. The minimum absolute atomic E-state index is 0.125. The van der Waals surface area contributed by atoms with Gasteiger partial charge >= 0.3 is 6.18 Å². The lowest BCUT2D eigenvalue weighted by molar-refractivity contribution is -0.137. The van der Waals surface area contributed by atoms with E-state index >= 15 is 0 Å². The predicted molar refractivity (Wildman–Crippen MR) is 75.0 cm³/mol. The van der Waals surface area contributed by atoms with Crippen LogP contribution in [0, 0.1) is 0 Å². The molecule has 122 valence electrons. The number of rotatable bonds is 4. The van der Waals surface area contributed by atoms with Crippen LogP contribution in [0.15, 0.2) is 24.3 Å². The van der Waals surface area contributed by atoms with Crippen molar-refractivity contribution in [3.05, 3.63) is 35.4 Å². The van der Waals surface area contributed by atoms with Gasteiger partial charge in [0.2, 0.25) is 5.91 Å². The summed E-state index contributed by atoms with van der Waals surface area (Å²) in [5.41, 5.74) is 5.15. The van der Waals surface area contributed by atoms with E-state index in [9.17, 15) is 18.0 Å². The van der Waals surface area contributed by atoms with Crippen molar-refractivity contribution in [3.8, 4) is 0 Å². The molecule has 0 radical (unpaired) electrons. The van der Waals surface area contributed by atoms with Crippen LogP contribution in [0.2, 0.25) is 0 Å². The van der Waals surface area contributed by atoms with E-state index in [4.69, 9.17) is 10.5 Å². The molecule has 1 fully saturated rings. The number of nitrogens with two attached hydrogens (primary N) is 1. The van der Waals surface area contributed by atoms with Crippen LogP contribution in [0.3, 0.4) is 0 Å². The summed E-state index contributed by atoms with van der Waals surface area (Å²) in [5, 5.41) is 2.69. The average Bonchev–Trinajstić information content (AvgIpc) is 2.95. The Labute approximate surface area is 126 Å². The Bertz CT molecular complexity index is 534. The maximum atomic E-state index is 12.7. The smallest absolute Gasteiger partial charge is 0.364 e. The predicted octanol–water partition coefficient (Wildman–Crippen LogP) is 2.39. The van der Waals surface area contributed by atoms with Crippen molar-refractivity contribution in [3.63, 3.8) is 0 Å². The Morgan fingerprint density at radius 2 is 2.18 bits per heavy atom. The van der Waals surface area contributed by atoms with Crippen LogP contribution >= 0.6 is 0 Å². The molecule has 3 atom stereocenters. The molecule has 1 heterocycles. The highest BCUT2D eigenvalue weighted by Gasteiger charge is 2.32. The van der Waals surface area contributed by atoms with Gasteiger partial charge in [0.05, 0.1) is 17.7 Å². The van der Waals surface area contributed by atoms with Crippen molar-refractivity contribution in [2.24, 2.45) is 5.73 Å². The zero-order valence-electron chi connectivity index (χ0n) is 12.2. The third kappa shape index (κ3) is 3.98. The number of carbonyl (C=O) groups is 1. The summed E-state index contributed by atoms with van der Waals surface area (Å²) >= 11 is 0. The fourth-order valence-corrected chi connectivity index (χ4v) is 2.45. The monoisotopic (exact) mass is 316 g/mol. The lowest BCUT2D eigenvalue weighted by Gasteiger charge is -2.19. The van der Waals surface area contributed by atoms with Gasteiger partial charge in [-0.3, -0.25) is 4.79 Å². The zero-order chi connectivity index (χ0) is 16.3. The van der Waals surface area contributed by atoms with Crippen LogP contribution in [0.5, 0.6) is 0 Å². The molecule has 0 spiro atoms. The van der Waals surface area contributed by atoms with Crippen LogP contribution in [-0.2, 0) is 15.7 Å². The zero-order valence-corrected chi connectivity index (χ0v) is 12.2. The fourth-order valence-electron chi connectivity index (χ4n) is 2.45. The van der Waals surface area contributed by atoms with Crippen LogP contribution in [0.25, 0.3) is 0 Å². The molecule has 1 aromatic rings. The quantitative estimate of drug-likeness (QED) is 0.896. The van der Waals surface area contributed by atoms with Gasteiger partial charge in [0.15, 0.2) is 0 Å². The standard InChI is InChI=1S/C15H19F3N2O2/c1-9(10-3-2-4-11(7-10)15(16,17)18)20-14(21)13-6-5-12(8-19)22-13/h2-4,7,9,12-13H,5-6,8,19H2,1H3,(H,20,21)/t9?,12-,13+/m1/s1. The second-order valence-electron chi connectivity index (χ2n) is 5.41. The first kappa shape index (κ1) is 16.8. The van der Waals surface area contributed by atoms with Gasteiger partial charge in [-0.05, 0) is 37.5 Å². The summed E-state index contributed by atoms with van der Waals surface area (Å²) in [6, 6.07) is 4.40. The van der Waals surface area contributed by atoms with Gasteiger partial charge in [-0.2, -0.15) is 13.2 Å². The molecule has 0 aliphatic carbocycles. The Kier molecular flexibility index (Phi) is 5.08. The molecule has 1 saturated heterocycles. The van der Waals surface area contributed by atoms with Gasteiger partial charge in [0.1, 0.15) is 6.10 Å². The van der Waals surface area contributed by atoms with Crippen molar-refractivity contribution in [2.45, 2.75) is 44.2 Å². The number of hydrogen-bond donors (Lipinski definition) is 2. The van der Waals surface area contributed by atoms with Crippen molar-refractivity contribution < 1.29 is 22.7 Å². The lowest BCUT2D eigenvalue weighted by Crippen LogP contribution is -2.37. The van der Waals surface area contributed by atoms with Crippen LogP contribution in [0.4, 0.5) is 13.2 Å². The number of halogens is 3. The molecule has 1 aliphatic heterocycles. The maximum Gasteiger partial charge on any atom is 0.416 e. The van der Waals surface area contributed by atoms with Crippen LogP contribution < -0.4 is 11.1 Å². The number of benzene rings is 1. The van der Waals surface area contributed by atoms with E-state index in [1.54, 1.807) is 13.0 Å². The van der Waals surface area contributed by atoms with Gasteiger partial charge in [-0.1, -0.05) is 12.1 Å². The van der Waals surface area contributed by atoms with Crippen LogP contribution in [0.1, 0.15) is 36.9 Å². The van der Waals surface area contributed by atoms with Crippen molar-refractivity contribution in [1.82, 2.24) is 5.32 Å². The number of amides is 1. The molecular formula is C15H19F3N2O2. The minimum atomic E-state index is -4.40. The highest BCUT2D eigenvalue weighted by Crippen LogP contribution is 2.30. The van der Waals surface area contributed by atoms with E-state index in [1.165, 1.54) is 6.07 Å². The van der Waals surface area contributed by atoms with E-state index in [2.05, 4.69) is 5.32 Å². The molecule has 1 aromatic carbocycles. The van der Waals surface area contributed by atoms with E-state index in [1.807, 2.05) is 0 Å². The summed E-state index contributed by atoms with van der Waals surface area (Å²) in [7, 11) is 0.